The monoisotopic (exact) mass is 190 g/mol. The van der Waals surface area contributed by atoms with E-state index in [0.717, 1.165) is 12.1 Å². The maximum atomic E-state index is 4.56. The second kappa shape index (κ2) is 4.09. The highest BCUT2D eigenvalue weighted by atomic mass is 14.9. The van der Waals surface area contributed by atoms with Crippen molar-refractivity contribution in [2.24, 2.45) is 0 Å². The summed E-state index contributed by atoms with van der Waals surface area (Å²) in [7, 11) is 0. The standard InChI is InChI=1S/C12H18N2/c1-9-6-10(2)14-12(7-9)8-11-4-3-5-13-11/h6-7,11,13H,3-5,8H2,1-2H3. The summed E-state index contributed by atoms with van der Waals surface area (Å²) >= 11 is 0. The molecule has 0 spiro atoms. The fraction of sp³-hybridized carbons (Fsp3) is 0.583. The average molecular weight is 190 g/mol. The van der Waals surface area contributed by atoms with Gasteiger partial charge in [0, 0.05) is 23.9 Å². The zero-order chi connectivity index (χ0) is 9.97. The number of pyridine rings is 1. The molecule has 1 fully saturated rings. The molecule has 1 saturated heterocycles. The molecular formula is C12H18N2. The van der Waals surface area contributed by atoms with Gasteiger partial charge in [-0.05, 0) is 50.9 Å². The van der Waals surface area contributed by atoms with Crippen molar-refractivity contribution in [3.8, 4) is 0 Å². The second-order valence-electron chi connectivity index (χ2n) is 4.27. The van der Waals surface area contributed by atoms with Crippen molar-refractivity contribution in [3.05, 3.63) is 29.1 Å². The summed E-state index contributed by atoms with van der Waals surface area (Å²) in [4.78, 5) is 4.56. The Bertz CT molecular complexity index is 294. The van der Waals surface area contributed by atoms with Crippen molar-refractivity contribution in [2.75, 3.05) is 6.54 Å². The van der Waals surface area contributed by atoms with E-state index in [9.17, 15) is 0 Å². The van der Waals surface area contributed by atoms with Gasteiger partial charge in [0.1, 0.15) is 0 Å². The Morgan fingerprint density at radius 2 is 2.29 bits per heavy atom. The number of rotatable bonds is 2. The summed E-state index contributed by atoms with van der Waals surface area (Å²) in [5, 5.41) is 3.50. The molecule has 0 aromatic carbocycles. The van der Waals surface area contributed by atoms with Gasteiger partial charge in [0.15, 0.2) is 0 Å². The molecule has 2 nitrogen and oxygen atoms in total. The summed E-state index contributed by atoms with van der Waals surface area (Å²) in [6.07, 6.45) is 3.70. The third-order valence-corrected chi connectivity index (χ3v) is 2.77. The Labute approximate surface area is 85.7 Å². The molecule has 1 atom stereocenters. The van der Waals surface area contributed by atoms with Crippen LogP contribution in [0.2, 0.25) is 0 Å². The highest BCUT2D eigenvalue weighted by molar-refractivity contribution is 5.20. The highest BCUT2D eigenvalue weighted by Crippen LogP contribution is 2.12. The minimum Gasteiger partial charge on any atom is -0.314 e. The highest BCUT2D eigenvalue weighted by Gasteiger charge is 2.14. The zero-order valence-electron chi connectivity index (χ0n) is 9.01. The summed E-state index contributed by atoms with van der Waals surface area (Å²) in [6, 6.07) is 4.99. The van der Waals surface area contributed by atoms with Crippen molar-refractivity contribution in [1.29, 1.82) is 0 Å². The van der Waals surface area contributed by atoms with E-state index in [1.165, 1.54) is 30.6 Å². The SMILES string of the molecule is Cc1cc(C)nc(CC2CCCN2)c1. The molecular weight excluding hydrogens is 172 g/mol. The van der Waals surface area contributed by atoms with E-state index in [0.29, 0.717) is 6.04 Å². The summed E-state index contributed by atoms with van der Waals surface area (Å²) in [5.41, 5.74) is 3.70. The van der Waals surface area contributed by atoms with Crippen LogP contribution in [0.15, 0.2) is 12.1 Å². The van der Waals surface area contributed by atoms with E-state index in [-0.39, 0.29) is 0 Å². The van der Waals surface area contributed by atoms with Crippen LogP contribution in [0.4, 0.5) is 0 Å². The quantitative estimate of drug-likeness (QED) is 0.771. The zero-order valence-corrected chi connectivity index (χ0v) is 9.01. The molecule has 76 valence electrons. The van der Waals surface area contributed by atoms with Gasteiger partial charge in [-0.25, -0.2) is 0 Å². The Kier molecular flexibility index (Phi) is 2.82. The average Bonchev–Trinajstić information content (AvgIpc) is 2.54. The first kappa shape index (κ1) is 9.66. The van der Waals surface area contributed by atoms with Crippen LogP contribution in [0.3, 0.4) is 0 Å². The van der Waals surface area contributed by atoms with E-state index in [2.05, 4.69) is 36.3 Å². The predicted molar refractivity (Wildman–Crippen MR) is 58.4 cm³/mol. The Morgan fingerprint density at radius 1 is 1.43 bits per heavy atom. The second-order valence-corrected chi connectivity index (χ2v) is 4.27. The summed E-state index contributed by atoms with van der Waals surface area (Å²) in [5.74, 6) is 0. The third-order valence-electron chi connectivity index (χ3n) is 2.77. The molecule has 1 N–H and O–H groups in total. The largest absolute Gasteiger partial charge is 0.314 e. The minimum atomic E-state index is 0.656. The van der Waals surface area contributed by atoms with Gasteiger partial charge in [-0.1, -0.05) is 0 Å². The number of hydrogen-bond donors (Lipinski definition) is 1. The number of nitrogens with one attached hydrogen (secondary N) is 1. The van der Waals surface area contributed by atoms with Gasteiger partial charge in [0.05, 0.1) is 0 Å². The first-order valence-corrected chi connectivity index (χ1v) is 5.41. The molecule has 0 amide bonds. The lowest BCUT2D eigenvalue weighted by Gasteiger charge is -2.10. The van der Waals surface area contributed by atoms with E-state index >= 15 is 0 Å². The molecule has 1 aromatic rings. The van der Waals surface area contributed by atoms with E-state index in [1.54, 1.807) is 0 Å². The first-order valence-electron chi connectivity index (χ1n) is 5.41. The molecule has 2 rings (SSSR count). The molecule has 2 heteroatoms. The third kappa shape index (κ3) is 2.32. The molecule has 1 aliphatic heterocycles. The maximum absolute atomic E-state index is 4.56. The minimum absolute atomic E-state index is 0.656. The lowest BCUT2D eigenvalue weighted by atomic mass is 10.1. The fourth-order valence-corrected chi connectivity index (χ4v) is 2.21. The number of nitrogens with zero attached hydrogens (tertiary/aromatic N) is 1. The molecule has 0 radical (unpaired) electrons. The van der Waals surface area contributed by atoms with Crippen LogP contribution in [0.25, 0.3) is 0 Å². The van der Waals surface area contributed by atoms with Crippen LogP contribution >= 0.6 is 0 Å². The molecule has 0 aliphatic carbocycles. The van der Waals surface area contributed by atoms with Crippen LogP contribution in [0, 0.1) is 13.8 Å². The van der Waals surface area contributed by atoms with Gasteiger partial charge in [-0.2, -0.15) is 0 Å². The predicted octanol–water partition coefficient (Wildman–Crippen LogP) is 1.99. The van der Waals surface area contributed by atoms with Crippen LogP contribution in [0.1, 0.15) is 29.8 Å². The molecule has 1 unspecified atom stereocenters. The van der Waals surface area contributed by atoms with Crippen LogP contribution in [-0.4, -0.2) is 17.6 Å². The van der Waals surface area contributed by atoms with Gasteiger partial charge in [-0.3, -0.25) is 4.98 Å². The Balaban J connectivity index is 2.07. The molecule has 14 heavy (non-hydrogen) atoms. The van der Waals surface area contributed by atoms with Crippen molar-refractivity contribution >= 4 is 0 Å². The number of aryl methyl sites for hydroxylation is 2. The van der Waals surface area contributed by atoms with Crippen LogP contribution in [0.5, 0.6) is 0 Å². The van der Waals surface area contributed by atoms with Crippen molar-refractivity contribution in [3.63, 3.8) is 0 Å². The smallest absolute Gasteiger partial charge is 0.0424 e. The van der Waals surface area contributed by atoms with E-state index in [4.69, 9.17) is 0 Å². The topological polar surface area (TPSA) is 24.9 Å². The fourth-order valence-electron chi connectivity index (χ4n) is 2.21. The van der Waals surface area contributed by atoms with E-state index < -0.39 is 0 Å². The van der Waals surface area contributed by atoms with E-state index in [1.807, 2.05) is 0 Å². The Morgan fingerprint density at radius 3 is 2.93 bits per heavy atom. The van der Waals surface area contributed by atoms with Crippen molar-refractivity contribution in [1.82, 2.24) is 10.3 Å². The summed E-state index contributed by atoms with van der Waals surface area (Å²) in [6.45, 7) is 5.38. The molecule has 0 bridgehead atoms. The number of aromatic nitrogens is 1. The van der Waals surface area contributed by atoms with Crippen molar-refractivity contribution < 1.29 is 0 Å². The van der Waals surface area contributed by atoms with Gasteiger partial charge in [0.25, 0.3) is 0 Å². The lowest BCUT2D eigenvalue weighted by Crippen LogP contribution is -2.24. The summed E-state index contributed by atoms with van der Waals surface area (Å²) < 4.78 is 0. The molecule has 1 aliphatic rings. The van der Waals surface area contributed by atoms with Gasteiger partial charge in [0.2, 0.25) is 0 Å². The van der Waals surface area contributed by atoms with Gasteiger partial charge < -0.3 is 5.32 Å². The maximum Gasteiger partial charge on any atom is 0.0424 e. The molecule has 2 heterocycles. The Hall–Kier alpha value is -0.890. The van der Waals surface area contributed by atoms with Crippen LogP contribution in [-0.2, 0) is 6.42 Å². The number of hydrogen-bond acceptors (Lipinski definition) is 2. The normalized spacial score (nSPS) is 21.4. The van der Waals surface area contributed by atoms with Crippen LogP contribution < -0.4 is 5.32 Å². The molecule has 1 aromatic heterocycles. The molecule has 0 saturated carbocycles. The van der Waals surface area contributed by atoms with Crippen molar-refractivity contribution in [2.45, 2.75) is 39.2 Å². The van der Waals surface area contributed by atoms with Gasteiger partial charge >= 0.3 is 0 Å². The van der Waals surface area contributed by atoms with Gasteiger partial charge in [-0.15, -0.1) is 0 Å². The first-order chi connectivity index (χ1) is 6.74. The lowest BCUT2D eigenvalue weighted by molar-refractivity contribution is 0.594.